The number of amides is 2. The quantitative estimate of drug-likeness (QED) is 0.862. The number of likely N-dealkylation sites (tertiary alicyclic amines) is 1. The maximum Gasteiger partial charge on any atom is 0.291 e. The first kappa shape index (κ1) is 17.3. The van der Waals surface area contributed by atoms with E-state index < -0.39 is 0 Å². The predicted molar refractivity (Wildman–Crippen MR) is 96.9 cm³/mol. The average Bonchev–Trinajstić information content (AvgIpc) is 3.36. The second kappa shape index (κ2) is 6.55. The molecule has 3 aliphatic heterocycles. The number of anilines is 1. The molecule has 8 nitrogen and oxygen atoms in total. The molecule has 0 saturated carbocycles. The molecule has 4 heterocycles. The third kappa shape index (κ3) is 3.05. The van der Waals surface area contributed by atoms with Gasteiger partial charge in [0.25, 0.3) is 5.91 Å². The molecule has 1 N–H and O–H groups in total. The van der Waals surface area contributed by atoms with E-state index in [1.807, 2.05) is 9.47 Å². The lowest BCUT2D eigenvalue weighted by Gasteiger charge is -2.24. The molecule has 0 bridgehead atoms. The Bertz CT molecular complexity index is 709. The van der Waals surface area contributed by atoms with E-state index in [4.69, 9.17) is 0 Å². The van der Waals surface area contributed by atoms with Crippen molar-refractivity contribution >= 4 is 17.8 Å². The van der Waals surface area contributed by atoms with Crippen LogP contribution in [0.4, 0.5) is 5.95 Å². The zero-order valence-electron chi connectivity index (χ0n) is 15.7. The molecule has 1 spiro atoms. The monoisotopic (exact) mass is 360 g/mol. The van der Waals surface area contributed by atoms with Crippen LogP contribution in [0.2, 0.25) is 0 Å². The maximum atomic E-state index is 12.9. The van der Waals surface area contributed by atoms with Crippen molar-refractivity contribution in [3.63, 3.8) is 0 Å². The van der Waals surface area contributed by atoms with Gasteiger partial charge in [-0.25, -0.2) is 0 Å². The van der Waals surface area contributed by atoms with Crippen LogP contribution in [0.5, 0.6) is 0 Å². The first-order valence-electron chi connectivity index (χ1n) is 9.72. The van der Waals surface area contributed by atoms with Crippen LogP contribution in [0.15, 0.2) is 0 Å². The molecule has 4 rings (SSSR count). The number of aromatic nitrogens is 3. The van der Waals surface area contributed by atoms with Crippen molar-refractivity contribution < 1.29 is 9.59 Å². The fourth-order valence-electron chi connectivity index (χ4n) is 4.43. The Balaban J connectivity index is 1.60. The fourth-order valence-corrected chi connectivity index (χ4v) is 4.43. The van der Waals surface area contributed by atoms with Gasteiger partial charge >= 0.3 is 0 Å². The van der Waals surface area contributed by atoms with Crippen LogP contribution in [0.1, 0.15) is 50.1 Å². The highest BCUT2D eigenvalue weighted by Crippen LogP contribution is 2.38. The normalized spacial score (nSPS) is 25.7. The lowest BCUT2D eigenvalue weighted by Crippen LogP contribution is -2.33. The molecule has 1 atom stereocenters. The highest BCUT2D eigenvalue weighted by Gasteiger charge is 2.45. The Kier molecular flexibility index (Phi) is 4.36. The summed E-state index contributed by atoms with van der Waals surface area (Å²) < 4.78 is 1.99. The molecule has 1 aromatic rings. The van der Waals surface area contributed by atoms with Gasteiger partial charge in [0.1, 0.15) is 0 Å². The van der Waals surface area contributed by atoms with Crippen molar-refractivity contribution in [2.24, 2.45) is 11.3 Å². The summed E-state index contributed by atoms with van der Waals surface area (Å²) in [6.07, 6.45) is 3.68. The smallest absolute Gasteiger partial charge is 0.291 e. The van der Waals surface area contributed by atoms with E-state index >= 15 is 0 Å². The Hall–Kier alpha value is -2.12. The topological polar surface area (TPSA) is 83.4 Å². The van der Waals surface area contributed by atoms with Gasteiger partial charge in [0, 0.05) is 51.1 Å². The first-order valence-corrected chi connectivity index (χ1v) is 9.72. The Labute approximate surface area is 153 Å². The van der Waals surface area contributed by atoms with Gasteiger partial charge in [-0.05, 0) is 25.2 Å². The second-order valence-electron chi connectivity index (χ2n) is 8.45. The molecular formula is C18H28N6O2. The lowest BCUT2D eigenvalue weighted by molar-refractivity contribution is -0.119. The van der Waals surface area contributed by atoms with Crippen molar-refractivity contribution in [3.05, 3.63) is 5.82 Å². The molecule has 2 amide bonds. The van der Waals surface area contributed by atoms with Crippen molar-refractivity contribution in [1.82, 2.24) is 25.0 Å². The number of carbonyl (C=O) groups excluding carboxylic acids is 2. The SMILES string of the molecule is CC(C)Cn1c(C(=O)N2CCCC2)nnc1N1CC[C@]2(CNC(=O)C2)C1. The molecule has 1 aromatic heterocycles. The number of rotatable bonds is 4. The Morgan fingerprint density at radius 3 is 2.65 bits per heavy atom. The van der Waals surface area contributed by atoms with E-state index in [0.717, 1.165) is 64.5 Å². The third-order valence-corrected chi connectivity index (χ3v) is 5.78. The minimum Gasteiger partial charge on any atom is -0.355 e. The van der Waals surface area contributed by atoms with Crippen LogP contribution in [0.25, 0.3) is 0 Å². The zero-order chi connectivity index (χ0) is 18.3. The summed E-state index contributed by atoms with van der Waals surface area (Å²) in [5.74, 6) is 1.75. The number of hydrogen-bond acceptors (Lipinski definition) is 5. The molecule has 3 saturated heterocycles. The van der Waals surface area contributed by atoms with E-state index in [9.17, 15) is 9.59 Å². The summed E-state index contributed by atoms with van der Waals surface area (Å²) in [5.41, 5.74) is 0.00478. The Morgan fingerprint density at radius 2 is 2.00 bits per heavy atom. The molecule has 0 unspecified atom stereocenters. The van der Waals surface area contributed by atoms with Crippen LogP contribution < -0.4 is 10.2 Å². The zero-order valence-corrected chi connectivity index (χ0v) is 15.7. The summed E-state index contributed by atoms with van der Waals surface area (Å²) in [6, 6.07) is 0. The summed E-state index contributed by atoms with van der Waals surface area (Å²) in [4.78, 5) is 28.7. The largest absolute Gasteiger partial charge is 0.355 e. The number of nitrogens with one attached hydrogen (secondary N) is 1. The van der Waals surface area contributed by atoms with Gasteiger partial charge in [-0.2, -0.15) is 0 Å². The lowest BCUT2D eigenvalue weighted by atomic mass is 9.86. The summed E-state index contributed by atoms with van der Waals surface area (Å²) >= 11 is 0. The van der Waals surface area contributed by atoms with Crippen molar-refractivity contribution in [1.29, 1.82) is 0 Å². The van der Waals surface area contributed by atoms with Crippen LogP contribution in [-0.4, -0.2) is 64.2 Å². The van der Waals surface area contributed by atoms with Gasteiger partial charge in [0.15, 0.2) is 0 Å². The highest BCUT2D eigenvalue weighted by atomic mass is 16.2. The minimum atomic E-state index is -0.00600. The second-order valence-corrected chi connectivity index (χ2v) is 8.45. The van der Waals surface area contributed by atoms with Crippen molar-refractivity contribution in [2.75, 3.05) is 37.6 Å². The van der Waals surface area contributed by atoms with E-state index in [1.54, 1.807) is 0 Å². The Morgan fingerprint density at radius 1 is 1.23 bits per heavy atom. The molecule has 3 fully saturated rings. The van der Waals surface area contributed by atoms with Crippen LogP contribution >= 0.6 is 0 Å². The van der Waals surface area contributed by atoms with Crippen molar-refractivity contribution in [2.45, 2.75) is 46.1 Å². The van der Waals surface area contributed by atoms with Gasteiger partial charge in [-0.15, -0.1) is 10.2 Å². The fraction of sp³-hybridized carbons (Fsp3) is 0.778. The molecule has 26 heavy (non-hydrogen) atoms. The molecular weight excluding hydrogens is 332 g/mol. The molecule has 142 valence electrons. The number of hydrogen-bond donors (Lipinski definition) is 1. The van der Waals surface area contributed by atoms with Gasteiger partial charge in [-0.3, -0.25) is 14.2 Å². The average molecular weight is 360 g/mol. The number of nitrogens with zero attached hydrogens (tertiary/aromatic N) is 5. The van der Waals surface area contributed by atoms with E-state index in [-0.39, 0.29) is 17.2 Å². The number of carbonyl (C=O) groups is 2. The molecule has 0 radical (unpaired) electrons. The minimum absolute atomic E-state index is 0.00478. The molecule has 3 aliphatic rings. The van der Waals surface area contributed by atoms with Gasteiger partial charge in [-0.1, -0.05) is 13.8 Å². The highest BCUT2D eigenvalue weighted by molar-refractivity contribution is 5.91. The van der Waals surface area contributed by atoms with Gasteiger partial charge in [0.2, 0.25) is 17.7 Å². The summed E-state index contributed by atoms with van der Waals surface area (Å²) in [7, 11) is 0. The van der Waals surface area contributed by atoms with Crippen molar-refractivity contribution in [3.8, 4) is 0 Å². The van der Waals surface area contributed by atoms with E-state index in [0.29, 0.717) is 18.2 Å². The predicted octanol–water partition coefficient (Wildman–Crippen LogP) is 0.887. The maximum absolute atomic E-state index is 12.9. The van der Waals surface area contributed by atoms with Gasteiger partial charge < -0.3 is 15.1 Å². The third-order valence-electron chi connectivity index (χ3n) is 5.78. The summed E-state index contributed by atoms with van der Waals surface area (Å²) in [6.45, 7) is 8.99. The first-order chi connectivity index (χ1) is 12.5. The van der Waals surface area contributed by atoms with E-state index in [2.05, 4.69) is 34.3 Å². The molecule has 0 aliphatic carbocycles. The molecule has 0 aromatic carbocycles. The van der Waals surface area contributed by atoms with Gasteiger partial charge in [0.05, 0.1) is 0 Å². The van der Waals surface area contributed by atoms with Crippen LogP contribution in [0.3, 0.4) is 0 Å². The van der Waals surface area contributed by atoms with Crippen LogP contribution in [-0.2, 0) is 11.3 Å². The molecule has 8 heteroatoms. The van der Waals surface area contributed by atoms with Crippen LogP contribution in [0, 0.1) is 11.3 Å². The van der Waals surface area contributed by atoms with E-state index in [1.165, 1.54) is 0 Å². The standard InChI is InChI=1S/C18H28N6O2/c1-13(2)10-24-15(16(26)22-6-3-4-7-22)20-21-17(24)23-8-5-18(12-23)9-14(25)19-11-18/h13H,3-12H2,1-2H3,(H,19,25)/t18-/m0/s1. The summed E-state index contributed by atoms with van der Waals surface area (Å²) in [5, 5.41) is 11.7.